The molecule has 0 unspecified atom stereocenters. The Hall–Kier alpha value is -2.00. The summed E-state index contributed by atoms with van der Waals surface area (Å²) in [6.07, 6.45) is 1.60. The standard InChI is InChI=1S/C15H12Cl2N4O3S/c1-21(25(22,23)13-8-10(16)5-6-11(13)17)9-14-19-15(20-24-14)12-4-2-3-7-18-12/h2-8H,9H2,1H3. The van der Waals surface area contributed by atoms with Gasteiger partial charge in [0.05, 0.1) is 11.6 Å². The molecule has 0 radical (unpaired) electrons. The maximum atomic E-state index is 12.7. The van der Waals surface area contributed by atoms with Crippen LogP contribution in [0.2, 0.25) is 10.0 Å². The zero-order valence-corrected chi connectivity index (χ0v) is 15.3. The Morgan fingerprint density at radius 2 is 2.00 bits per heavy atom. The predicted octanol–water partition coefficient (Wildman–Crippen LogP) is 3.26. The van der Waals surface area contributed by atoms with Gasteiger partial charge in [0.15, 0.2) is 0 Å². The molecule has 7 nitrogen and oxygen atoms in total. The minimum absolute atomic E-state index is 0.0796. The quantitative estimate of drug-likeness (QED) is 0.654. The number of hydrogen-bond donors (Lipinski definition) is 0. The Bertz CT molecular complexity index is 993. The zero-order valence-electron chi connectivity index (χ0n) is 12.9. The molecular formula is C15H12Cl2N4O3S. The molecule has 2 aromatic heterocycles. The Morgan fingerprint density at radius 3 is 2.72 bits per heavy atom. The molecule has 1 aromatic carbocycles. The number of sulfonamides is 1. The number of aromatic nitrogens is 3. The lowest BCUT2D eigenvalue weighted by atomic mass is 10.3. The van der Waals surface area contributed by atoms with Gasteiger partial charge >= 0.3 is 0 Å². The van der Waals surface area contributed by atoms with E-state index < -0.39 is 10.0 Å². The monoisotopic (exact) mass is 398 g/mol. The molecule has 0 aliphatic carbocycles. The fourth-order valence-electron chi connectivity index (χ4n) is 2.04. The van der Waals surface area contributed by atoms with Crippen LogP contribution in [0.15, 0.2) is 52.0 Å². The first-order valence-corrected chi connectivity index (χ1v) is 9.23. The average molecular weight is 399 g/mol. The van der Waals surface area contributed by atoms with E-state index in [1.54, 1.807) is 24.4 Å². The van der Waals surface area contributed by atoms with Crippen LogP contribution in [-0.2, 0) is 16.6 Å². The van der Waals surface area contributed by atoms with E-state index in [-0.39, 0.29) is 33.2 Å². The molecule has 0 atom stereocenters. The summed E-state index contributed by atoms with van der Waals surface area (Å²) in [5.74, 6) is 0.409. The SMILES string of the molecule is CN(Cc1nc(-c2ccccn2)no1)S(=O)(=O)c1cc(Cl)ccc1Cl. The first-order valence-electron chi connectivity index (χ1n) is 7.03. The summed E-state index contributed by atoms with van der Waals surface area (Å²) in [5.41, 5.74) is 0.529. The van der Waals surface area contributed by atoms with Crippen molar-refractivity contribution in [2.45, 2.75) is 11.4 Å². The highest BCUT2D eigenvalue weighted by atomic mass is 35.5. The van der Waals surface area contributed by atoms with E-state index in [1.165, 1.54) is 25.2 Å². The maximum Gasteiger partial charge on any atom is 0.244 e. The second kappa shape index (κ2) is 7.09. The number of pyridine rings is 1. The van der Waals surface area contributed by atoms with Gasteiger partial charge in [-0.1, -0.05) is 34.4 Å². The van der Waals surface area contributed by atoms with Crippen molar-refractivity contribution >= 4 is 33.2 Å². The van der Waals surface area contributed by atoms with E-state index in [1.807, 2.05) is 0 Å². The Morgan fingerprint density at radius 1 is 1.20 bits per heavy atom. The van der Waals surface area contributed by atoms with Gasteiger partial charge in [0.1, 0.15) is 10.6 Å². The topological polar surface area (TPSA) is 89.2 Å². The molecule has 0 saturated heterocycles. The van der Waals surface area contributed by atoms with Crippen LogP contribution >= 0.6 is 23.2 Å². The molecule has 0 fully saturated rings. The molecule has 10 heteroatoms. The van der Waals surface area contributed by atoms with Gasteiger partial charge < -0.3 is 4.52 Å². The van der Waals surface area contributed by atoms with E-state index in [0.29, 0.717) is 5.69 Å². The molecule has 0 bridgehead atoms. The third-order valence-corrected chi connectivity index (χ3v) is 5.82. The lowest BCUT2D eigenvalue weighted by molar-refractivity contribution is 0.336. The van der Waals surface area contributed by atoms with Gasteiger partial charge in [-0.05, 0) is 30.3 Å². The summed E-state index contributed by atoms with van der Waals surface area (Å²) in [6.45, 7) is -0.120. The number of halogens is 2. The van der Waals surface area contributed by atoms with Crippen molar-refractivity contribution in [2.24, 2.45) is 0 Å². The van der Waals surface area contributed by atoms with Crippen LogP contribution in [0.4, 0.5) is 0 Å². The molecule has 0 saturated carbocycles. The van der Waals surface area contributed by atoms with E-state index in [4.69, 9.17) is 27.7 Å². The summed E-state index contributed by atoms with van der Waals surface area (Å²) in [7, 11) is -2.49. The smallest absolute Gasteiger partial charge is 0.244 e. The normalized spacial score (nSPS) is 11.8. The van der Waals surface area contributed by atoms with E-state index >= 15 is 0 Å². The molecular weight excluding hydrogens is 387 g/mol. The highest BCUT2D eigenvalue weighted by molar-refractivity contribution is 7.89. The van der Waals surface area contributed by atoms with Gasteiger partial charge in [-0.3, -0.25) is 4.98 Å². The van der Waals surface area contributed by atoms with E-state index in [9.17, 15) is 8.42 Å². The highest BCUT2D eigenvalue weighted by Gasteiger charge is 2.26. The minimum atomic E-state index is -3.87. The van der Waals surface area contributed by atoms with Crippen LogP contribution in [0.25, 0.3) is 11.5 Å². The maximum absolute atomic E-state index is 12.7. The number of rotatable bonds is 5. The summed E-state index contributed by atoms with van der Waals surface area (Å²) < 4.78 is 31.5. The van der Waals surface area contributed by atoms with Crippen LogP contribution in [0.3, 0.4) is 0 Å². The number of benzene rings is 1. The molecule has 25 heavy (non-hydrogen) atoms. The zero-order chi connectivity index (χ0) is 18.0. The second-order valence-electron chi connectivity index (χ2n) is 5.06. The average Bonchev–Trinajstić information content (AvgIpc) is 3.06. The van der Waals surface area contributed by atoms with Crippen molar-refractivity contribution in [3.63, 3.8) is 0 Å². The van der Waals surface area contributed by atoms with Crippen molar-refractivity contribution in [1.29, 1.82) is 0 Å². The number of nitrogens with zero attached hydrogens (tertiary/aromatic N) is 4. The van der Waals surface area contributed by atoms with Crippen LogP contribution in [-0.4, -0.2) is 34.9 Å². The van der Waals surface area contributed by atoms with Crippen molar-refractivity contribution in [1.82, 2.24) is 19.4 Å². The largest absolute Gasteiger partial charge is 0.337 e. The predicted molar refractivity (Wildman–Crippen MR) is 92.6 cm³/mol. The fourth-order valence-corrected chi connectivity index (χ4v) is 3.89. The van der Waals surface area contributed by atoms with E-state index in [2.05, 4.69) is 15.1 Å². The lowest BCUT2D eigenvalue weighted by Crippen LogP contribution is -2.27. The van der Waals surface area contributed by atoms with Gasteiger partial charge in [-0.25, -0.2) is 8.42 Å². The second-order valence-corrected chi connectivity index (χ2v) is 7.92. The first-order chi connectivity index (χ1) is 11.9. The molecule has 2 heterocycles. The van der Waals surface area contributed by atoms with Crippen LogP contribution in [0.1, 0.15) is 5.89 Å². The molecule has 3 aromatic rings. The number of hydrogen-bond acceptors (Lipinski definition) is 6. The third kappa shape index (κ3) is 3.82. The molecule has 0 amide bonds. The molecule has 130 valence electrons. The highest BCUT2D eigenvalue weighted by Crippen LogP contribution is 2.27. The van der Waals surface area contributed by atoms with E-state index in [0.717, 1.165) is 4.31 Å². The van der Waals surface area contributed by atoms with Crippen molar-refractivity contribution in [2.75, 3.05) is 7.05 Å². The third-order valence-electron chi connectivity index (χ3n) is 3.30. The van der Waals surface area contributed by atoms with Gasteiger partial charge in [0.25, 0.3) is 0 Å². The Labute approximate surface area is 154 Å². The molecule has 0 N–H and O–H groups in total. The van der Waals surface area contributed by atoms with Gasteiger partial charge in [0, 0.05) is 18.3 Å². The first kappa shape index (κ1) is 17.8. The molecule has 0 aliphatic heterocycles. The van der Waals surface area contributed by atoms with Gasteiger partial charge in [0.2, 0.25) is 21.7 Å². The molecule has 0 spiro atoms. The van der Waals surface area contributed by atoms with Crippen LogP contribution in [0, 0.1) is 0 Å². The summed E-state index contributed by atoms with van der Waals surface area (Å²) in [5, 5.41) is 4.16. The Balaban J connectivity index is 1.83. The summed E-state index contributed by atoms with van der Waals surface area (Å²) >= 11 is 11.9. The van der Waals surface area contributed by atoms with Gasteiger partial charge in [-0.2, -0.15) is 9.29 Å². The minimum Gasteiger partial charge on any atom is -0.337 e. The van der Waals surface area contributed by atoms with Gasteiger partial charge in [-0.15, -0.1) is 0 Å². The summed E-state index contributed by atoms with van der Waals surface area (Å²) in [4.78, 5) is 8.18. The van der Waals surface area contributed by atoms with Crippen molar-refractivity contribution < 1.29 is 12.9 Å². The molecule has 3 rings (SSSR count). The van der Waals surface area contributed by atoms with Crippen LogP contribution < -0.4 is 0 Å². The van der Waals surface area contributed by atoms with Crippen LogP contribution in [0.5, 0.6) is 0 Å². The molecule has 0 aliphatic rings. The lowest BCUT2D eigenvalue weighted by Gasteiger charge is -2.16. The Kier molecular flexibility index (Phi) is 5.05. The summed E-state index contributed by atoms with van der Waals surface area (Å²) in [6, 6.07) is 9.51. The van der Waals surface area contributed by atoms with Crippen molar-refractivity contribution in [3.05, 3.63) is 58.5 Å². The van der Waals surface area contributed by atoms with Crippen molar-refractivity contribution in [3.8, 4) is 11.5 Å². The fraction of sp³-hybridized carbons (Fsp3) is 0.133.